The zero-order valence-electron chi connectivity index (χ0n) is 10.8. The van der Waals surface area contributed by atoms with Gasteiger partial charge in [0.2, 0.25) is 0 Å². The molecule has 2 atom stereocenters. The average Bonchev–Trinajstić information content (AvgIpc) is 2.80. The van der Waals surface area contributed by atoms with Gasteiger partial charge in [0.25, 0.3) is 0 Å². The van der Waals surface area contributed by atoms with Crippen LogP contribution in [0.4, 0.5) is 0 Å². The molecule has 0 amide bonds. The monoisotopic (exact) mass is 263 g/mol. The molecule has 3 rings (SSSR count). The molecule has 1 aromatic rings. The molecule has 0 saturated carbocycles. The van der Waals surface area contributed by atoms with Gasteiger partial charge in [-0.2, -0.15) is 0 Å². The van der Waals surface area contributed by atoms with Crippen molar-refractivity contribution >= 4 is 5.97 Å². The first kappa shape index (κ1) is 12.3. The van der Waals surface area contributed by atoms with Crippen LogP contribution in [-0.4, -0.2) is 49.3 Å². The van der Waals surface area contributed by atoms with Gasteiger partial charge >= 0.3 is 5.97 Å². The van der Waals surface area contributed by atoms with Crippen molar-refractivity contribution < 1.29 is 19.4 Å². The summed E-state index contributed by atoms with van der Waals surface area (Å²) < 4.78 is 11.0. The highest BCUT2D eigenvalue weighted by Gasteiger charge is 2.37. The Hall–Kier alpha value is -1.75. The summed E-state index contributed by atoms with van der Waals surface area (Å²) in [5, 5.41) is 9.32. The minimum absolute atomic E-state index is 0.0123. The van der Waals surface area contributed by atoms with Crippen molar-refractivity contribution in [1.29, 1.82) is 0 Å². The molecule has 5 nitrogen and oxygen atoms in total. The maximum atomic E-state index is 11.3. The number of hydrogen-bond donors (Lipinski definition) is 1. The van der Waals surface area contributed by atoms with Crippen LogP contribution >= 0.6 is 0 Å². The van der Waals surface area contributed by atoms with Crippen LogP contribution in [-0.2, 0) is 4.79 Å². The van der Waals surface area contributed by atoms with Gasteiger partial charge in [-0.05, 0) is 24.7 Å². The highest BCUT2D eigenvalue weighted by molar-refractivity contribution is 5.72. The Morgan fingerprint density at radius 3 is 2.74 bits per heavy atom. The molecule has 1 saturated heterocycles. The summed E-state index contributed by atoms with van der Waals surface area (Å²) in [5.74, 6) is 0.394. The Balaban J connectivity index is 1.90. The Morgan fingerprint density at radius 1 is 1.26 bits per heavy atom. The summed E-state index contributed by atoms with van der Waals surface area (Å²) in [6, 6.07) is 5.75. The lowest BCUT2D eigenvalue weighted by molar-refractivity contribution is -0.141. The van der Waals surface area contributed by atoms with Crippen LogP contribution < -0.4 is 9.47 Å². The predicted molar refractivity (Wildman–Crippen MR) is 68.8 cm³/mol. The van der Waals surface area contributed by atoms with Crippen LogP contribution in [0.1, 0.15) is 11.5 Å². The molecule has 102 valence electrons. The fraction of sp³-hybridized carbons (Fsp3) is 0.500. The summed E-state index contributed by atoms with van der Waals surface area (Å²) in [6.45, 7) is 2.46. The second kappa shape index (κ2) is 4.74. The summed E-state index contributed by atoms with van der Waals surface area (Å²) in [6.07, 6.45) is 0. The standard InChI is InChI=1S/C14H17NO4/c1-15-7-10(11(8-15)14(16)17)9-2-3-12-13(6-9)19-5-4-18-12/h2-3,6,10-11H,4-5,7-8H2,1H3,(H,16,17). The van der Waals surface area contributed by atoms with Gasteiger partial charge in [-0.1, -0.05) is 6.07 Å². The van der Waals surface area contributed by atoms with Crippen LogP contribution in [0.2, 0.25) is 0 Å². The second-order valence-electron chi connectivity index (χ2n) is 5.18. The summed E-state index contributed by atoms with van der Waals surface area (Å²) in [7, 11) is 1.95. The molecule has 2 aliphatic heterocycles. The maximum absolute atomic E-state index is 11.3. The quantitative estimate of drug-likeness (QED) is 0.868. The molecule has 2 unspecified atom stereocenters. The van der Waals surface area contributed by atoms with Crippen molar-refractivity contribution in [3.05, 3.63) is 23.8 Å². The zero-order chi connectivity index (χ0) is 13.4. The SMILES string of the molecule is CN1CC(C(=O)O)C(c2ccc3c(c2)OCCO3)C1. The Morgan fingerprint density at radius 2 is 2.00 bits per heavy atom. The molecule has 2 heterocycles. The number of carboxylic acids is 1. The van der Waals surface area contributed by atoms with E-state index in [2.05, 4.69) is 4.90 Å². The van der Waals surface area contributed by atoms with E-state index in [1.54, 1.807) is 0 Å². The van der Waals surface area contributed by atoms with Gasteiger partial charge in [-0.25, -0.2) is 0 Å². The van der Waals surface area contributed by atoms with E-state index in [0.29, 0.717) is 19.8 Å². The number of carboxylic acid groups (broad SMARTS) is 1. The molecule has 0 bridgehead atoms. The molecular weight excluding hydrogens is 246 g/mol. The van der Waals surface area contributed by atoms with Crippen LogP contribution in [0.25, 0.3) is 0 Å². The number of benzene rings is 1. The molecule has 19 heavy (non-hydrogen) atoms. The molecule has 0 aromatic heterocycles. The smallest absolute Gasteiger partial charge is 0.308 e. The first-order valence-corrected chi connectivity index (χ1v) is 6.46. The molecule has 0 radical (unpaired) electrons. The molecule has 1 aromatic carbocycles. The molecule has 0 aliphatic carbocycles. The fourth-order valence-corrected chi connectivity index (χ4v) is 2.88. The van der Waals surface area contributed by atoms with Crippen molar-refractivity contribution in [2.45, 2.75) is 5.92 Å². The third kappa shape index (κ3) is 2.26. The average molecular weight is 263 g/mol. The van der Waals surface area contributed by atoms with Crippen molar-refractivity contribution in [2.75, 3.05) is 33.4 Å². The van der Waals surface area contributed by atoms with Gasteiger partial charge in [-0.3, -0.25) is 4.79 Å². The number of rotatable bonds is 2. The van der Waals surface area contributed by atoms with E-state index in [9.17, 15) is 9.90 Å². The lowest BCUT2D eigenvalue weighted by Crippen LogP contribution is -2.21. The molecular formula is C14H17NO4. The molecule has 2 aliphatic rings. The first-order valence-electron chi connectivity index (χ1n) is 6.46. The summed E-state index contributed by atoms with van der Waals surface area (Å²) >= 11 is 0. The molecule has 0 spiro atoms. The van der Waals surface area contributed by atoms with E-state index in [1.165, 1.54) is 0 Å². The molecule has 1 fully saturated rings. The van der Waals surface area contributed by atoms with Crippen molar-refractivity contribution in [3.8, 4) is 11.5 Å². The second-order valence-corrected chi connectivity index (χ2v) is 5.18. The number of carbonyl (C=O) groups is 1. The number of likely N-dealkylation sites (tertiary alicyclic amines) is 1. The number of likely N-dealkylation sites (N-methyl/N-ethyl adjacent to an activating group) is 1. The highest BCUT2D eigenvalue weighted by Crippen LogP contribution is 2.38. The van der Waals surface area contributed by atoms with Crippen molar-refractivity contribution in [1.82, 2.24) is 4.90 Å². The summed E-state index contributed by atoms with van der Waals surface area (Å²) in [5.41, 5.74) is 1.01. The number of aliphatic carboxylic acids is 1. The number of hydrogen-bond acceptors (Lipinski definition) is 4. The minimum Gasteiger partial charge on any atom is -0.486 e. The lowest BCUT2D eigenvalue weighted by atomic mass is 9.89. The number of fused-ring (bicyclic) bond motifs is 1. The predicted octanol–water partition coefficient (Wildman–Crippen LogP) is 1.19. The molecule has 5 heteroatoms. The molecule has 1 N–H and O–H groups in total. The largest absolute Gasteiger partial charge is 0.486 e. The number of ether oxygens (including phenoxy) is 2. The van der Waals surface area contributed by atoms with Gasteiger partial charge in [0.1, 0.15) is 13.2 Å². The minimum atomic E-state index is -0.732. The van der Waals surface area contributed by atoms with E-state index in [-0.39, 0.29) is 11.8 Å². The maximum Gasteiger partial charge on any atom is 0.308 e. The topological polar surface area (TPSA) is 59.0 Å². The normalized spacial score (nSPS) is 26.4. The lowest BCUT2D eigenvalue weighted by Gasteiger charge is -2.21. The van der Waals surface area contributed by atoms with Gasteiger partial charge in [-0.15, -0.1) is 0 Å². The van der Waals surface area contributed by atoms with Crippen LogP contribution in [0.15, 0.2) is 18.2 Å². The van der Waals surface area contributed by atoms with E-state index in [4.69, 9.17) is 9.47 Å². The van der Waals surface area contributed by atoms with Crippen LogP contribution in [0, 0.1) is 5.92 Å². The van der Waals surface area contributed by atoms with E-state index < -0.39 is 5.97 Å². The van der Waals surface area contributed by atoms with Crippen molar-refractivity contribution in [3.63, 3.8) is 0 Å². The Bertz CT molecular complexity index is 502. The van der Waals surface area contributed by atoms with Crippen LogP contribution in [0.5, 0.6) is 11.5 Å². The van der Waals surface area contributed by atoms with Gasteiger partial charge in [0.15, 0.2) is 11.5 Å². The Kier molecular flexibility index (Phi) is 3.06. The summed E-state index contributed by atoms with van der Waals surface area (Å²) in [4.78, 5) is 13.4. The first-order chi connectivity index (χ1) is 9.15. The Labute approximate surface area is 111 Å². The van der Waals surface area contributed by atoms with E-state index in [0.717, 1.165) is 23.6 Å². The van der Waals surface area contributed by atoms with E-state index in [1.807, 2.05) is 25.2 Å². The van der Waals surface area contributed by atoms with Gasteiger partial charge in [0, 0.05) is 19.0 Å². The third-order valence-electron chi connectivity index (χ3n) is 3.81. The van der Waals surface area contributed by atoms with Gasteiger partial charge < -0.3 is 19.5 Å². The zero-order valence-corrected chi connectivity index (χ0v) is 10.8. The van der Waals surface area contributed by atoms with Gasteiger partial charge in [0.05, 0.1) is 5.92 Å². The third-order valence-corrected chi connectivity index (χ3v) is 3.81. The number of nitrogens with zero attached hydrogens (tertiary/aromatic N) is 1. The van der Waals surface area contributed by atoms with Crippen LogP contribution in [0.3, 0.4) is 0 Å². The fourth-order valence-electron chi connectivity index (χ4n) is 2.88. The van der Waals surface area contributed by atoms with E-state index >= 15 is 0 Å². The highest BCUT2D eigenvalue weighted by atomic mass is 16.6. The van der Waals surface area contributed by atoms with Crippen molar-refractivity contribution in [2.24, 2.45) is 5.92 Å².